The number of hydrogen-bond acceptors (Lipinski definition) is 3. The predicted octanol–water partition coefficient (Wildman–Crippen LogP) is 3.41. The van der Waals surface area contributed by atoms with Crippen molar-refractivity contribution in [1.82, 2.24) is 5.32 Å². The van der Waals surface area contributed by atoms with Crippen LogP contribution in [0.3, 0.4) is 0 Å². The lowest BCUT2D eigenvalue weighted by Gasteiger charge is -2.11. The quantitative estimate of drug-likeness (QED) is 0.886. The van der Waals surface area contributed by atoms with Crippen LogP contribution >= 0.6 is 11.3 Å². The summed E-state index contributed by atoms with van der Waals surface area (Å²) in [5.41, 5.74) is 1.68. The van der Waals surface area contributed by atoms with E-state index in [-0.39, 0.29) is 11.1 Å². The molecule has 0 aliphatic rings. The maximum atomic E-state index is 13.8. The summed E-state index contributed by atoms with van der Waals surface area (Å²) in [7, 11) is -0.821. The molecule has 0 amide bonds. The van der Waals surface area contributed by atoms with Crippen LogP contribution in [0, 0.1) is 5.82 Å². The van der Waals surface area contributed by atoms with Crippen LogP contribution in [-0.2, 0) is 17.3 Å². The van der Waals surface area contributed by atoms with E-state index in [1.165, 1.54) is 17.4 Å². The Hall–Kier alpha value is -1.04. The van der Waals surface area contributed by atoms with Crippen molar-refractivity contribution < 1.29 is 8.60 Å². The predicted molar refractivity (Wildman–Crippen MR) is 84.9 cm³/mol. The molecule has 0 aliphatic carbocycles. The van der Waals surface area contributed by atoms with Crippen LogP contribution in [0.25, 0.3) is 10.4 Å². The van der Waals surface area contributed by atoms with Gasteiger partial charge in [0.2, 0.25) is 0 Å². The summed E-state index contributed by atoms with van der Waals surface area (Å²) in [4.78, 5) is 0.937. The van der Waals surface area contributed by atoms with Gasteiger partial charge in [0, 0.05) is 45.8 Å². The summed E-state index contributed by atoms with van der Waals surface area (Å²) in [6.45, 7) is 3.29. The highest BCUT2D eigenvalue weighted by molar-refractivity contribution is 7.84. The number of rotatable bonds is 6. The van der Waals surface area contributed by atoms with Crippen molar-refractivity contribution >= 4 is 22.1 Å². The topological polar surface area (TPSA) is 29.1 Å². The van der Waals surface area contributed by atoms with Gasteiger partial charge in [-0.3, -0.25) is 4.21 Å². The smallest absolute Gasteiger partial charge is 0.131 e. The van der Waals surface area contributed by atoms with Crippen molar-refractivity contribution in [1.29, 1.82) is 0 Å². The molecule has 0 saturated heterocycles. The van der Waals surface area contributed by atoms with Gasteiger partial charge in [-0.1, -0.05) is 12.1 Å². The molecular weight excluding hydrogens is 293 g/mol. The lowest BCUT2D eigenvalue weighted by Crippen LogP contribution is -2.27. The molecule has 0 aliphatic heterocycles. The first-order valence-corrected chi connectivity index (χ1v) is 8.93. The fourth-order valence-corrected chi connectivity index (χ4v) is 2.94. The van der Waals surface area contributed by atoms with Crippen LogP contribution in [0.5, 0.6) is 0 Å². The Morgan fingerprint density at radius 2 is 2.20 bits per heavy atom. The summed E-state index contributed by atoms with van der Waals surface area (Å²) in [5.74, 6) is -0.195. The van der Waals surface area contributed by atoms with E-state index in [0.717, 1.165) is 10.4 Å². The highest BCUT2D eigenvalue weighted by atomic mass is 32.2. The van der Waals surface area contributed by atoms with Gasteiger partial charge in [-0.2, -0.15) is 0 Å². The van der Waals surface area contributed by atoms with E-state index in [0.29, 0.717) is 18.7 Å². The van der Waals surface area contributed by atoms with E-state index in [1.54, 1.807) is 12.3 Å². The molecule has 20 heavy (non-hydrogen) atoms. The van der Waals surface area contributed by atoms with Gasteiger partial charge in [-0.15, -0.1) is 11.3 Å². The van der Waals surface area contributed by atoms with Gasteiger partial charge in [0.05, 0.1) is 0 Å². The zero-order valence-electron chi connectivity index (χ0n) is 11.6. The molecule has 2 nitrogen and oxygen atoms in total. The molecule has 1 aromatic heterocycles. The lowest BCUT2D eigenvalue weighted by molar-refractivity contribution is 0.627. The molecule has 108 valence electrons. The SMILES string of the molecule is CC(CNCc1ccc(F)c(-c2cccs2)c1)S(C)=O. The fourth-order valence-electron chi connectivity index (χ4n) is 1.84. The zero-order chi connectivity index (χ0) is 14.5. The highest BCUT2D eigenvalue weighted by Gasteiger charge is 2.08. The second-order valence-electron chi connectivity index (χ2n) is 4.73. The zero-order valence-corrected chi connectivity index (χ0v) is 13.2. The number of benzene rings is 1. The number of nitrogens with one attached hydrogen (secondary N) is 1. The second-order valence-corrected chi connectivity index (χ2v) is 7.48. The normalized spacial score (nSPS) is 14.2. The Kier molecular flexibility index (Phi) is 5.46. The summed E-state index contributed by atoms with van der Waals surface area (Å²) >= 11 is 1.53. The third-order valence-corrected chi connectivity index (χ3v) is 5.35. The largest absolute Gasteiger partial charge is 0.311 e. The summed E-state index contributed by atoms with van der Waals surface area (Å²) in [6, 6.07) is 9.01. The Morgan fingerprint density at radius 3 is 2.85 bits per heavy atom. The van der Waals surface area contributed by atoms with E-state index in [1.807, 2.05) is 30.5 Å². The first-order chi connectivity index (χ1) is 9.58. The Morgan fingerprint density at radius 1 is 1.40 bits per heavy atom. The van der Waals surface area contributed by atoms with Crippen LogP contribution < -0.4 is 5.32 Å². The van der Waals surface area contributed by atoms with Crippen LogP contribution in [0.2, 0.25) is 0 Å². The molecule has 2 atom stereocenters. The van der Waals surface area contributed by atoms with Crippen LogP contribution in [0.15, 0.2) is 35.7 Å². The minimum Gasteiger partial charge on any atom is -0.311 e. The molecule has 1 aromatic carbocycles. The van der Waals surface area contributed by atoms with E-state index in [4.69, 9.17) is 0 Å². The standard InChI is InChI=1S/C15H18FNOS2/c1-11(20(2)18)9-17-10-12-5-6-14(16)13(8-12)15-4-3-7-19-15/h3-8,11,17H,9-10H2,1-2H3. The van der Waals surface area contributed by atoms with Crippen LogP contribution in [0.1, 0.15) is 12.5 Å². The molecular formula is C15H18FNOS2. The van der Waals surface area contributed by atoms with Crippen molar-refractivity contribution in [2.75, 3.05) is 12.8 Å². The molecule has 0 saturated carbocycles. The molecule has 0 spiro atoms. The molecule has 2 rings (SSSR count). The van der Waals surface area contributed by atoms with Gasteiger partial charge in [-0.05, 0) is 36.1 Å². The lowest BCUT2D eigenvalue weighted by atomic mass is 10.1. The van der Waals surface area contributed by atoms with Crippen LogP contribution in [0.4, 0.5) is 4.39 Å². The minimum atomic E-state index is -0.821. The van der Waals surface area contributed by atoms with Crippen LogP contribution in [-0.4, -0.2) is 22.3 Å². The minimum absolute atomic E-state index is 0.118. The average Bonchev–Trinajstić information content (AvgIpc) is 2.94. The Bertz CT molecular complexity index is 584. The number of halogens is 1. The van der Waals surface area contributed by atoms with Gasteiger partial charge in [0.1, 0.15) is 5.82 Å². The van der Waals surface area contributed by atoms with E-state index in [2.05, 4.69) is 5.32 Å². The second kappa shape index (κ2) is 7.11. The maximum Gasteiger partial charge on any atom is 0.131 e. The molecule has 1 heterocycles. The highest BCUT2D eigenvalue weighted by Crippen LogP contribution is 2.28. The molecule has 2 aromatic rings. The maximum absolute atomic E-state index is 13.8. The number of thiophene rings is 1. The monoisotopic (exact) mass is 311 g/mol. The van der Waals surface area contributed by atoms with Gasteiger partial charge in [-0.25, -0.2) is 4.39 Å². The number of hydrogen-bond donors (Lipinski definition) is 1. The van der Waals surface area contributed by atoms with Gasteiger partial charge >= 0.3 is 0 Å². The molecule has 0 bridgehead atoms. The van der Waals surface area contributed by atoms with Crippen molar-refractivity contribution in [3.63, 3.8) is 0 Å². The van der Waals surface area contributed by atoms with E-state index >= 15 is 0 Å². The first kappa shape index (κ1) is 15.4. The third kappa shape index (κ3) is 3.98. The van der Waals surface area contributed by atoms with Crippen molar-refractivity contribution in [3.05, 3.63) is 47.1 Å². The first-order valence-electron chi connectivity index (χ1n) is 6.43. The Labute approximate surface area is 125 Å². The molecule has 2 unspecified atom stereocenters. The average molecular weight is 311 g/mol. The van der Waals surface area contributed by atoms with E-state index < -0.39 is 10.8 Å². The molecule has 1 N–H and O–H groups in total. The molecule has 5 heteroatoms. The fraction of sp³-hybridized carbons (Fsp3) is 0.333. The summed E-state index contributed by atoms with van der Waals surface area (Å²) in [5, 5.41) is 5.32. The van der Waals surface area contributed by atoms with Crippen molar-refractivity contribution in [2.24, 2.45) is 0 Å². The van der Waals surface area contributed by atoms with Gasteiger partial charge < -0.3 is 5.32 Å². The van der Waals surface area contributed by atoms with Crippen molar-refractivity contribution in [2.45, 2.75) is 18.7 Å². The molecule has 0 fully saturated rings. The summed E-state index contributed by atoms with van der Waals surface area (Å²) < 4.78 is 25.1. The Balaban J connectivity index is 2.03. The summed E-state index contributed by atoms with van der Waals surface area (Å²) in [6.07, 6.45) is 1.71. The van der Waals surface area contributed by atoms with Gasteiger partial charge in [0.15, 0.2) is 0 Å². The third-order valence-electron chi connectivity index (χ3n) is 3.14. The van der Waals surface area contributed by atoms with Gasteiger partial charge in [0.25, 0.3) is 0 Å². The van der Waals surface area contributed by atoms with Crippen molar-refractivity contribution in [3.8, 4) is 10.4 Å². The molecule has 0 radical (unpaired) electrons. The van der Waals surface area contributed by atoms with E-state index in [9.17, 15) is 8.60 Å².